The van der Waals surface area contributed by atoms with Gasteiger partial charge in [0.2, 0.25) is 0 Å². The van der Waals surface area contributed by atoms with Gasteiger partial charge in [0.15, 0.2) is 0 Å². The van der Waals surface area contributed by atoms with Crippen LogP contribution in [0.5, 0.6) is 0 Å². The Balaban J connectivity index is 3.41. The maximum absolute atomic E-state index is 11.4. The molecular weight excluding hydrogens is 522 g/mol. The number of hydrogen-bond acceptors (Lipinski definition) is 2. The minimum Gasteiger partial charge on any atom is -0.460 e. The molecular formula is C13H21BrI2O2. The first-order valence-electron chi connectivity index (χ1n) is 6.43. The lowest BCUT2D eigenvalue weighted by molar-refractivity contribution is -0.142. The van der Waals surface area contributed by atoms with Crippen molar-refractivity contribution in [2.45, 2.75) is 58.3 Å². The van der Waals surface area contributed by atoms with E-state index in [0.29, 0.717) is 13.0 Å². The quantitative estimate of drug-likeness (QED) is 0.189. The molecule has 0 aliphatic rings. The Kier molecular flexibility index (Phi) is 14.0. The summed E-state index contributed by atoms with van der Waals surface area (Å²) in [6.07, 6.45) is 9.13. The zero-order valence-electron chi connectivity index (χ0n) is 10.8. The largest absolute Gasteiger partial charge is 0.460 e. The summed E-state index contributed by atoms with van der Waals surface area (Å²) in [5, 5.41) is 0. The average molecular weight is 543 g/mol. The summed E-state index contributed by atoms with van der Waals surface area (Å²) in [6.45, 7) is 2.61. The normalized spacial score (nSPS) is 12.2. The first kappa shape index (κ1) is 19.1. The van der Waals surface area contributed by atoms with Gasteiger partial charge >= 0.3 is 5.97 Å². The van der Waals surface area contributed by atoms with Crippen LogP contribution in [0.4, 0.5) is 0 Å². The van der Waals surface area contributed by atoms with Crippen LogP contribution in [-0.4, -0.2) is 12.6 Å². The molecule has 0 fully saturated rings. The molecule has 0 saturated heterocycles. The summed E-state index contributed by atoms with van der Waals surface area (Å²) in [5.74, 6) is -0.0807. The monoisotopic (exact) mass is 542 g/mol. The van der Waals surface area contributed by atoms with E-state index in [1.54, 1.807) is 0 Å². The molecule has 0 unspecified atom stereocenters. The molecule has 5 heteroatoms. The lowest BCUT2D eigenvalue weighted by atomic mass is 10.1. The summed E-state index contributed by atoms with van der Waals surface area (Å²) in [4.78, 5) is 11.4. The Morgan fingerprint density at radius 1 is 1.06 bits per heavy atom. The Labute approximate surface area is 146 Å². The summed E-state index contributed by atoms with van der Waals surface area (Å²) in [6, 6.07) is 0. The molecule has 0 N–H and O–H groups in total. The number of carbonyl (C=O) groups is 1. The van der Waals surface area contributed by atoms with E-state index in [4.69, 9.17) is 4.74 Å². The maximum Gasteiger partial charge on any atom is 0.306 e. The van der Waals surface area contributed by atoms with Crippen molar-refractivity contribution < 1.29 is 9.53 Å². The standard InChI is InChI=1S/C13H21BrI2O2/c1-2-3-4-5-6-7-8-9-12(17)18-10-11(15)13(14)16/h2-10H2,1H3/b13-11-. The second-order valence-electron chi connectivity index (χ2n) is 4.20. The molecule has 0 atom stereocenters. The van der Waals surface area contributed by atoms with Crippen molar-refractivity contribution in [2.24, 2.45) is 0 Å². The molecule has 18 heavy (non-hydrogen) atoms. The Hall–Kier alpha value is 1.15. The van der Waals surface area contributed by atoms with Gasteiger partial charge in [-0.3, -0.25) is 4.79 Å². The molecule has 0 saturated carbocycles. The van der Waals surface area contributed by atoms with Gasteiger partial charge in [0.25, 0.3) is 0 Å². The van der Waals surface area contributed by atoms with Crippen LogP contribution in [0.15, 0.2) is 6.07 Å². The van der Waals surface area contributed by atoms with Crippen molar-refractivity contribution in [1.29, 1.82) is 0 Å². The maximum atomic E-state index is 11.4. The fourth-order valence-corrected chi connectivity index (χ4v) is 1.92. The Morgan fingerprint density at radius 3 is 2.17 bits per heavy atom. The minimum absolute atomic E-state index is 0.0807. The Morgan fingerprint density at radius 2 is 1.61 bits per heavy atom. The van der Waals surface area contributed by atoms with Crippen LogP contribution in [0.1, 0.15) is 58.3 Å². The van der Waals surface area contributed by atoms with Crippen LogP contribution in [0, 0.1) is 0 Å². The molecule has 0 aromatic heterocycles. The van der Waals surface area contributed by atoms with Crippen LogP contribution >= 0.6 is 61.1 Å². The first-order chi connectivity index (χ1) is 8.57. The highest BCUT2D eigenvalue weighted by molar-refractivity contribution is 14.1. The third kappa shape index (κ3) is 12.2. The van der Waals surface area contributed by atoms with Crippen molar-refractivity contribution in [1.82, 2.24) is 0 Å². The zero-order chi connectivity index (χ0) is 13.8. The Bertz CT molecular complexity index is 264. The molecule has 106 valence electrons. The molecule has 0 aliphatic carbocycles. The predicted octanol–water partition coefficient (Wildman–Crippen LogP) is 6.10. The third-order valence-corrected chi connectivity index (χ3v) is 6.30. The highest BCUT2D eigenvalue weighted by Gasteiger charge is 2.05. The average Bonchev–Trinajstić information content (AvgIpc) is 2.34. The number of hydrogen-bond donors (Lipinski definition) is 0. The van der Waals surface area contributed by atoms with E-state index in [2.05, 4.69) is 68.0 Å². The topological polar surface area (TPSA) is 26.3 Å². The second-order valence-corrected chi connectivity index (χ2v) is 8.85. The van der Waals surface area contributed by atoms with Crippen molar-refractivity contribution in [3.05, 3.63) is 6.07 Å². The van der Waals surface area contributed by atoms with Gasteiger partial charge in [0.05, 0.1) is 2.49 Å². The molecule has 0 aliphatic heterocycles. The van der Waals surface area contributed by atoms with E-state index < -0.39 is 0 Å². The lowest BCUT2D eigenvalue weighted by Crippen LogP contribution is -2.05. The van der Waals surface area contributed by atoms with Gasteiger partial charge < -0.3 is 4.74 Å². The highest BCUT2D eigenvalue weighted by Crippen LogP contribution is 2.24. The van der Waals surface area contributed by atoms with E-state index >= 15 is 0 Å². The van der Waals surface area contributed by atoms with Gasteiger partial charge in [-0.2, -0.15) is 0 Å². The number of carbonyl (C=O) groups excluding carboxylic acids is 1. The molecule has 0 heterocycles. The van der Waals surface area contributed by atoms with Gasteiger partial charge in [-0.05, 0) is 67.5 Å². The summed E-state index contributed by atoms with van der Waals surface area (Å²) >= 11 is 7.69. The number of unbranched alkanes of at least 4 members (excludes halogenated alkanes) is 6. The van der Waals surface area contributed by atoms with Crippen molar-refractivity contribution in [2.75, 3.05) is 6.61 Å². The fourth-order valence-electron chi connectivity index (χ4n) is 1.50. The first-order valence-corrected chi connectivity index (χ1v) is 9.38. The van der Waals surface area contributed by atoms with Crippen LogP contribution in [0.3, 0.4) is 0 Å². The van der Waals surface area contributed by atoms with Crippen molar-refractivity contribution >= 4 is 67.1 Å². The second kappa shape index (κ2) is 13.1. The van der Waals surface area contributed by atoms with Crippen LogP contribution in [-0.2, 0) is 9.53 Å². The molecule has 0 rings (SSSR count). The van der Waals surface area contributed by atoms with Crippen LogP contribution in [0.25, 0.3) is 0 Å². The SMILES string of the molecule is CCCCCCCCCC(=O)OC/C(I)=C(\Br)I. The third-order valence-electron chi connectivity index (χ3n) is 2.55. The molecule has 0 bridgehead atoms. The summed E-state index contributed by atoms with van der Waals surface area (Å²) in [7, 11) is 0. The van der Waals surface area contributed by atoms with E-state index in [9.17, 15) is 4.79 Å². The van der Waals surface area contributed by atoms with Crippen molar-refractivity contribution in [3.63, 3.8) is 0 Å². The van der Waals surface area contributed by atoms with Crippen LogP contribution in [0.2, 0.25) is 0 Å². The van der Waals surface area contributed by atoms with E-state index in [-0.39, 0.29) is 5.97 Å². The smallest absolute Gasteiger partial charge is 0.306 e. The van der Waals surface area contributed by atoms with Gasteiger partial charge in [0.1, 0.15) is 6.61 Å². The summed E-state index contributed by atoms with van der Waals surface area (Å²) < 4.78 is 7.20. The molecule has 2 nitrogen and oxygen atoms in total. The zero-order valence-corrected chi connectivity index (χ0v) is 16.7. The number of rotatable bonds is 10. The predicted molar refractivity (Wildman–Crippen MR) is 97.6 cm³/mol. The highest BCUT2D eigenvalue weighted by atomic mass is 127. The lowest BCUT2D eigenvalue weighted by Gasteiger charge is -2.04. The van der Waals surface area contributed by atoms with Gasteiger partial charge in [-0.15, -0.1) is 0 Å². The molecule has 0 aromatic carbocycles. The molecule has 0 radical (unpaired) electrons. The number of ether oxygens (including phenoxy) is 1. The van der Waals surface area contributed by atoms with E-state index in [1.807, 2.05) is 0 Å². The number of halogens is 3. The fraction of sp³-hybridized carbons (Fsp3) is 0.769. The van der Waals surface area contributed by atoms with Gasteiger partial charge in [-0.1, -0.05) is 45.4 Å². The van der Waals surface area contributed by atoms with E-state index in [0.717, 1.165) is 18.9 Å². The minimum atomic E-state index is -0.0807. The number of esters is 1. The van der Waals surface area contributed by atoms with Crippen LogP contribution < -0.4 is 0 Å². The molecule has 0 spiro atoms. The molecule has 0 aromatic rings. The van der Waals surface area contributed by atoms with Gasteiger partial charge in [0, 0.05) is 10.0 Å². The van der Waals surface area contributed by atoms with Crippen molar-refractivity contribution in [3.8, 4) is 0 Å². The molecule has 0 amide bonds. The van der Waals surface area contributed by atoms with E-state index in [1.165, 1.54) is 32.1 Å². The summed E-state index contributed by atoms with van der Waals surface area (Å²) in [5.41, 5.74) is 0. The van der Waals surface area contributed by atoms with Gasteiger partial charge in [-0.25, -0.2) is 0 Å².